The predicted molar refractivity (Wildman–Crippen MR) is 94.6 cm³/mol. The normalized spacial score (nSPS) is 14.3. The van der Waals surface area contributed by atoms with E-state index < -0.39 is 17.4 Å². The van der Waals surface area contributed by atoms with Gasteiger partial charge in [0.05, 0.1) is 5.16 Å². The van der Waals surface area contributed by atoms with E-state index in [1.54, 1.807) is 0 Å². The van der Waals surface area contributed by atoms with Crippen LogP contribution in [0.1, 0.15) is 41.5 Å². The molecule has 0 saturated carbocycles. The summed E-state index contributed by atoms with van der Waals surface area (Å²) in [6, 6.07) is 0.694. The zero-order chi connectivity index (χ0) is 17.1. The van der Waals surface area contributed by atoms with Gasteiger partial charge in [0.2, 0.25) is 0 Å². The van der Waals surface area contributed by atoms with Crippen LogP contribution in [0.15, 0.2) is 0 Å². The molecular formula is C14H33ClO5Si2. The van der Waals surface area contributed by atoms with Gasteiger partial charge in [0.1, 0.15) is 0 Å². The second kappa shape index (κ2) is 12.0. The molecule has 0 spiro atoms. The molecule has 0 aromatic carbocycles. The topological polar surface area (TPSA) is 46.2 Å². The third kappa shape index (κ3) is 5.86. The van der Waals surface area contributed by atoms with Crippen molar-refractivity contribution in [2.45, 2.75) is 52.8 Å². The molecule has 0 rings (SSSR count). The van der Waals surface area contributed by atoms with E-state index in [1.165, 1.54) is 0 Å². The van der Waals surface area contributed by atoms with Crippen LogP contribution in [0.3, 0.4) is 0 Å². The second-order valence-corrected chi connectivity index (χ2v) is 12.2. The van der Waals surface area contributed by atoms with E-state index in [0.29, 0.717) is 45.0 Å². The Hall–Kier alpha value is 0.524. The Balaban J connectivity index is 5.67. The molecule has 0 aromatic heterocycles. The fourth-order valence-electron chi connectivity index (χ4n) is 2.65. The van der Waals surface area contributed by atoms with Crippen molar-refractivity contribution in [2.24, 2.45) is 0 Å². The number of hydrogen-bond donors (Lipinski definition) is 0. The lowest BCUT2D eigenvalue weighted by molar-refractivity contribution is 0.0610. The van der Waals surface area contributed by atoms with Gasteiger partial charge >= 0.3 is 17.4 Å². The summed E-state index contributed by atoms with van der Waals surface area (Å²) in [6.07, 6.45) is 0. The van der Waals surface area contributed by atoms with Crippen LogP contribution in [0, 0.1) is 0 Å². The predicted octanol–water partition coefficient (Wildman–Crippen LogP) is 3.72. The van der Waals surface area contributed by atoms with Crippen LogP contribution < -0.4 is 0 Å². The van der Waals surface area contributed by atoms with Crippen LogP contribution in [-0.2, 0) is 22.1 Å². The minimum atomic E-state index is -2.89. The minimum Gasteiger partial charge on any atom is -0.394 e. The molecule has 0 N–H and O–H groups in total. The van der Waals surface area contributed by atoms with Crippen LogP contribution >= 0.6 is 11.6 Å². The summed E-state index contributed by atoms with van der Waals surface area (Å²) in [6.45, 7) is 14.7. The van der Waals surface area contributed by atoms with E-state index in [-0.39, 0.29) is 5.16 Å². The molecule has 5 nitrogen and oxygen atoms in total. The lowest BCUT2D eigenvalue weighted by atomic mass is 10.9. The highest BCUT2D eigenvalue weighted by molar-refractivity contribution is 6.85. The van der Waals surface area contributed by atoms with Crippen molar-refractivity contribution >= 4 is 29.0 Å². The van der Waals surface area contributed by atoms with Crippen molar-refractivity contribution in [1.29, 1.82) is 0 Å². The quantitative estimate of drug-likeness (QED) is 0.343. The van der Waals surface area contributed by atoms with E-state index in [9.17, 15) is 0 Å². The Bertz CT molecular complexity index is 224. The average Bonchev–Trinajstić information content (AvgIpc) is 2.48. The van der Waals surface area contributed by atoms with Gasteiger partial charge in [0, 0.05) is 45.0 Å². The largest absolute Gasteiger partial charge is 0.505 e. The molecular weight excluding hydrogens is 340 g/mol. The monoisotopic (exact) mass is 372 g/mol. The van der Waals surface area contributed by atoms with E-state index in [0.717, 1.165) is 0 Å². The lowest BCUT2D eigenvalue weighted by Gasteiger charge is -2.42. The molecule has 0 radical (unpaired) electrons. The van der Waals surface area contributed by atoms with Crippen LogP contribution in [-0.4, -0.2) is 56.3 Å². The SMILES string of the molecule is CCO[Si](CCCl)(OCC)C(C)[Si](OCC)(OCC)OCC. The fraction of sp³-hybridized carbons (Fsp3) is 1.00. The molecule has 0 saturated heterocycles. The molecule has 0 aliphatic heterocycles. The summed E-state index contributed by atoms with van der Waals surface area (Å²) in [4.78, 5) is 0. The Kier molecular flexibility index (Phi) is 12.3. The lowest BCUT2D eigenvalue weighted by Crippen LogP contribution is -2.62. The summed E-state index contributed by atoms with van der Waals surface area (Å²) in [7, 11) is -5.48. The van der Waals surface area contributed by atoms with Crippen molar-refractivity contribution in [3.8, 4) is 0 Å². The van der Waals surface area contributed by atoms with E-state index in [2.05, 4.69) is 6.92 Å². The van der Waals surface area contributed by atoms with Crippen molar-refractivity contribution in [1.82, 2.24) is 0 Å². The Morgan fingerprint density at radius 2 is 1.09 bits per heavy atom. The van der Waals surface area contributed by atoms with Gasteiger partial charge in [-0.1, -0.05) is 6.92 Å². The highest BCUT2D eigenvalue weighted by Crippen LogP contribution is 2.38. The average molecular weight is 373 g/mol. The third-order valence-corrected chi connectivity index (χ3v) is 13.3. The molecule has 0 aliphatic rings. The maximum atomic E-state index is 6.14. The molecule has 0 aliphatic carbocycles. The Labute approximate surface area is 143 Å². The van der Waals surface area contributed by atoms with Gasteiger partial charge in [-0.15, -0.1) is 11.6 Å². The summed E-state index contributed by atoms with van der Waals surface area (Å²) >= 11 is 6.05. The van der Waals surface area contributed by atoms with Gasteiger partial charge in [-0.2, -0.15) is 0 Å². The molecule has 0 heterocycles. The zero-order valence-electron chi connectivity index (χ0n) is 14.9. The molecule has 0 fully saturated rings. The zero-order valence-corrected chi connectivity index (χ0v) is 17.7. The first kappa shape index (κ1) is 22.5. The van der Waals surface area contributed by atoms with Gasteiger partial charge in [-0.25, -0.2) is 0 Å². The number of halogens is 1. The second-order valence-electron chi connectivity index (χ2n) is 4.74. The number of hydrogen-bond acceptors (Lipinski definition) is 5. The molecule has 1 unspecified atom stereocenters. The van der Waals surface area contributed by atoms with Gasteiger partial charge < -0.3 is 22.1 Å². The molecule has 8 heteroatoms. The molecule has 0 amide bonds. The first-order valence-corrected chi connectivity index (χ1v) is 12.7. The maximum Gasteiger partial charge on any atom is 0.505 e. The van der Waals surface area contributed by atoms with Crippen molar-refractivity contribution in [3.63, 3.8) is 0 Å². The number of rotatable bonds is 14. The molecule has 22 heavy (non-hydrogen) atoms. The highest BCUT2D eigenvalue weighted by Gasteiger charge is 2.60. The Morgan fingerprint density at radius 1 is 0.727 bits per heavy atom. The van der Waals surface area contributed by atoms with E-state index >= 15 is 0 Å². The van der Waals surface area contributed by atoms with Crippen LogP contribution in [0.5, 0.6) is 0 Å². The summed E-state index contributed by atoms with van der Waals surface area (Å²) in [5, 5.41) is -0.0431. The first-order chi connectivity index (χ1) is 10.5. The van der Waals surface area contributed by atoms with Gasteiger partial charge in [0.15, 0.2) is 0 Å². The maximum absolute atomic E-state index is 6.14. The summed E-state index contributed by atoms with van der Waals surface area (Å²) in [5.41, 5.74) is 0. The fourth-order valence-corrected chi connectivity index (χ4v) is 12.0. The Morgan fingerprint density at radius 3 is 1.36 bits per heavy atom. The first-order valence-electron chi connectivity index (χ1n) is 8.28. The van der Waals surface area contributed by atoms with Crippen LogP contribution in [0.25, 0.3) is 0 Å². The third-order valence-electron chi connectivity index (χ3n) is 3.45. The van der Waals surface area contributed by atoms with E-state index in [4.69, 9.17) is 33.7 Å². The van der Waals surface area contributed by atoms with Crippen molar-refractivity contribution in [3.05, 3.63) is 0 Å². The smallest absolute Gasteiger partial charge is 0.394 e. The molecule has 1 atom stereocenters. The van der Waals surface area contributed by atoms with Gasteiger partial charge in [-0.3, -0.25) is 0 Å². The van der Waals surface area contributed by atoms with Crippen molar-refractivity contribution in [2.75, 3.05) is 38.9 Å². The standard InChI is InChI=1S/C14H33ClO5Si2/c1-7-16-21(13-12-15,17-8-2)14(6)22(18-9-3,19-10-4)20-11-5/h14H,7-13H2,1-6H3. The highest BCUT2D eigenvalue weighted by atomic mass is 35.5. The minimum absolute atomic E-state index is 0.0431. The molecule has 134 valence electrons. The van der Waals surface area contributed by atoms with Crippen LogP contribution in [0.2, 0.25) is 11.2 Å². The van der Waals surface area contributed by atoms with Gasteiger partial charge in [0.25, 0.3) is 0 Å². The summed E-state index contributed by atoms with van der Waals surface area (Å²) < 4.78 is 30.4. The number of alkyl halides is 1. The van der Waals surface area contributed by atoms with E-state index in [1.807, 2.05) is 34.6 Å². The van der Waals surface area contributed by atoms with Crippen molar-refractivity contribution < 1.29 is 22.1 Å². The summed E-state index contributed by atoms with van der Waals surface area (Å²) in [5.74, 6) is 0.491. The van der Waals surface area contributed by atoms with Crippen LogP contribution in [0.4, 0.5) is 0 Å². The van der Waals surface area contributed by atoms with Gasteiger partial charge in [-0.05, 0) is 34.6 Å². The molecule has 0 aromatic rings. The molecule has 0 bridgehead atoms.